The van der Waals surface area contributed by atoms with Crippen molar-refractivity contribution < 1.29 is 23.5 Å². The van der Waals surface area contributed by atoms with Crippen molar-refractivity contribution in [1.29, 1.82) is 0 Å². The summed E-state index contributed by atoms with van der Waals surface area (Å²) in [6.07, 6.45) is 3.05. The fraction of sp³-hybridized carbons (Fsp3) is 0.0435. The molecule has 0 atom stereocenters. The second-order valence-electron chi connectivity index (χ2n) is 6.67. The van der Waals surface area contributed by atoms with Gasteiger partial charge in [0, 0.05) is 23.5 Å². The number of hydrogen-bond acceptors (Lipinski definition) is 7. The fourth-order valence-electron chi connectivity index (χ4n) is 2.88. The molecule has 34 heavy (non-hydrogen) atoms. The average molecular weight is 479 g/mol. The molecule has 4 rings (SSSR count). The molecule has 0 aliphatic carbocycles. The molecule has 0 aliphatic heterocycles. The first-order chi connectivity index (χ1) is 16.5. The minimum Gasteiger partial charge on any atom is -0.493 e. The molecule has 0 saturated heterocycles. The zero-order valence-electron chi connectivity index (χ0n) is 17.7. The first-order valence-electron chi connectivity index (χ1n) is 9.88. The molecular formula is C23H18FN5O4S. The number of para-hydroxylation sites is 1. The van der Waals surface area contributed by atoms with Crippen molar-refractivity contribution in [1.82, 2.24) is 9.97 Å². The van der Waals surface area contributed by atoms with Crippen LogP contribution in [0.4, 0.5) is 25.7 Å². The number of urea groups is 1. The van der Waals surface area contributed by atoms with Crippen molar-refractivity contribution in [2.45, 2.75) is 0 Å². The van der Waals surface area contributed by atoms with E-state index in [1.54, 1.807) is 41.9 Å². The van der Waals surface area contributed by atoms with Gasteiger partial charge in [0.25, 0.3) is 5.91 Å². The Balaban J connectivity index is 1.63. The lowest BCUT2D eigenvalue weighted by atomic mass is 10.2. The first kappa shape index (κ1) is 22.7. The Kier molecular flexibility index (Phi) is 6.94. The number of carbonyl (C=O) groups is 2. The Bertz CT molecular complexity index is 1300. The lowest BCUT2D eigenvalue weighted by Gasteiger charge is -2.16. The Hall–Kier alpha value is -4.51. The van der Waals surface area contributed by atoms with E-state index in [4.69, 9.17) is 9.47 Å². The van der Waals surface area contributed by atoms with Gasteiger partial charge < -0.3 is 20.1 Å². The van der Waals surface area contributed by atoms with Crippen LogP contribution < -0.4 is 25.4 Å². The van der Waals surface area contributed by atoms with Gasteiger partial charge in [-0.2, -0.15) is 0 Å². The zero-order valence-corrected chi connectivity index (χ0v) is 18.6. The third-order valence-corrected chi connectivity index (χ3v) is 5.09. The number of carbonyl (C=O) groups excluding carboxylic acids is 2. The van der Waals surface area contributed by atoms with E-state index in [-0.39, 0.29) is 28.6 Å². The summed E-state index contributed by atoms with van der Waals surface area (Å²) in [5.41, 5.74) is 0.737. The Morgan fingerprint density at radius 3 is 2.56 bits per heavy atom. The van der Waals surface area contributed by atoms with E-state index in [1.807, 2.05) is 0 Å². The third kappa shape index (κ3) is 5.45. The molecule has 0 spiro atoms. The summed E-state index contributed by atoms with van der Waals surface area (Å²) in [4.78, 5) is 33.0. The highest BCUT2D eigenvalue weighted by Crippen LogP contribution is 2.38. The average Bonchev–Trinajstić information content (AvgIpc) is 3.35. The number of ether oxygens (including phenoxy) is 2. The number of nitrogens with zero attached hydrogens (tertiary/aromatic N) is 2. The second-order valence-corrected chi connectivity index (χ2v) is 7.56. The van der Waals surface area contributed by atoms with Crippen molar-refractivity contribution in [3.8, 4) is 17.2 Å². The van der Waals surface area contributed by atoms with E-state index < -0.39 is 17.8 Å². The maximum atomic E-state index is 14.4. The molecule has 0 aliphatic rings. The molecule has 0 radical (unpaired) electrons. The number of amides is 3. The van der Waals surface area contributed by atoms with Crippen LogP contribution in [-0.4, -0.2) is 29.0 Å². The molecule has 11 heteroatoms. The number of aromatic nitrogens is 2. The molecule has 0 saturated carbocycles. The van der Waals surface area contributed by atoms with Gasteiger partial charge in [-0.25, -0.2) is 14.2 Å². The van der Waals surface area contributed by atoms with E-state index in [2.05, 4.69) is 25.9 Å². The smallest absolute Gasteiger partial charge is 0.325 e. The van der Waals surface area contributed by atoms with Crippen LogP contribution in [0.5, 0.6) is 17.2 Å². The number of halogens is 1. The molecule has 0 bridgehead atoms. The standard InChI is InChI=1S/C23H18FN5O4S/c1-32-19-7-4-5-15(24)20(19)33-18-9-8-14(27-21(30)16-6-2-3-10-25-16)13-17(18)28-22(31)29-23-26-11-12-34-23/h2-13H,1H3,(H,27,30)(H2,26,28,29,31). The van der Waals surface area contributed by atoms with E-state index in [9.17, 15) is 14.0 Å². The summed E-state index contributed by atoms with van der Waals surface area (Å²) in [7, 11) is 1.39. The van der Waals surface area contributed by atoms with Gasteiger partial charge in [0.2, 0.25) is 5.75 Å². The van der Waals surface area contributed by atoms with E-state index in [0.29, 0.717) is 10.8 Å². The molecular weight excluding hydrogens is 461 g/mol. The summed E-state index contributed by atoms with van der Waals surface area (Å²) >= 11 is 1.24. The van der Waals surface area contributed by atoms with Gasteiger partial charge in [0.05, 0.1) is 12.8 Å². The number of nitrogens with one attached hydrogen (secondary N) is 3. The molecule has 2 aromatic carbocycles. The predicted molar refractivity (Wildman–Crippen MR) is 126 cm³/mol. The van der Waals surface area contributed by atoms with Crippen LogP contribution in [0.1, 0.15) is 10.5 Å². The maximum Gasteiger partial charge on any atom is 0.325 e. The van der Waals surface area contributed by atoms with Gasteiger partial charge >= 0.3 is 6.03 Å². The van der Waals surface area contributed by atoms with Crippen LogP contribution in [0.15, 0.2) is 72.4 Å². The van der Waals surface area contributed by atoms with Crippen LogP contribution >= 0.6 is 11.3 Å². The lowest BCUT2D eigenvalue weighted by Crippen LogP contribution is -2.20. The quantitative estimate of drug-likeness (QED) is 0.328. The summed E-state index contributed by atoms with van der Waals surface area (Å²) in [6, 6.07) is 13.1. The van der Waals surface area contributed by atoms with Crippen molar-refractivity contribution >= 4 is 39.8 Å². The van der Waals surface area contributed by atoms with E-state index in [1.165, 1.54) is 48.9 Å². The van der Waals surface area contributed by atoms with Crippen LogP contribution in [0.25, 0.3) is 0 Å². The van der Waals surface area contributed by atoms with Crippen molar-refractivity contribution in [2.75, 3.05) is 23.1 Å². The molecule has 3 amide bonds. The summed E-state index contributed by atoms with van der Waals surface area (Å²) in [5.74, 6) is -0.953. The molecule has 4 aromatic rings. The first-order valence-corrected chi connectivity index (χ1v) is 10.8. The Morgan fingerprint density at radius 2 is 1.82 bits per heavy atom. The monoisotopic (exact) mass is 479 g/mol. The number of rotatable bonds is 7. The number of thiazole rings is 1. The van der Waals surface area contributed by atoms with Gasteiger partial charge in [0.15, 0.2) is 22.4 Å². The molecule has 9 nitrogen and oxygen atoms in total. The number of methoxy groups -OCH3 is 1. The maximum absolute atomic E-state index is 14.4. The number of hydrogen-bond donors (Lipinski definition) is 3. The Labute approximate surface area is 197 Å². The third-order valence-electron chi connectivity index (χ3n) is 4.40. The van der Waals surface area contributed by atoms with Gasteiger partial charge in [0.1, 0.15) is 5.69 Å². The van der Waals surface area contributed by atoms with Crippen molar-refractivity contribution in [3.63, 3.8) is 0 Å². The highest BCUT2D eigenvalue weighted by atomic mass is 32.1. The van der Waals surface area contributed by atoms with E-state index in [0.717, 1.165) is 0 Å². The SMILES string of the molecule is COc1cccc(F)c1Oc1ccc(NC(=O)c2ccccn2)cc1NC(=O)Nc1nccs1. The minimum absolute atomic E-state index is 0.119. The normalized spacial score (nSPS) is 10.3. The zero-order chi connectivity index (χ0) is 23.9. The highest BCUT2D eigenvalue weighted by Gasteiger charge is 2.17. The van der Waals surface area contributed by atoms with Crippen LogP contribution in [0.2, 0.25) is 0 Å². The van der Waals surface area contributed by atoms with Gasteiger partial charge in [-0.3, -0.25) is 15.1 Å². The summed E-state index contributed by atoms with van der Waals surface area (Å²) < 4.78 is 25.4. The molecule has 0 fully saturated rings. The predicted octanol–water partition coefficient (Wildman–Crippen LogP) is 5.37. The van der Waals surface area contributed by atoms with Crippen LogP contribution in [-0.2, 0) is 0 Å². The summed E-state index contributed by atoms with van der Waals surface area (Å²) in [6.45, 7) is 0. The summed E-state index contributed by atoms with van der Waals surface area (Å²) in [5, 5.41) is 10.0. The number of anilines is 3. The minimum atomic E-state index is -0.648. The van der Waals surface area contributed by atoms with Crippen molar-refractivity contribution in [2.24, 2.45) is 0 Å². The fourth-order valence-corrected chi connectivity index (χ4v) is 3.41. The highest BCUT2D eigenvalue weighted by molar-refractivity contribution is 7.13. The van der Waals surface area contributed by atoms with Crippen molar-refractivity contribution in [3.05, 3.63) is 83.9 Å². The van der Waals surface area contributed by atoms with Crippen LogP contribution in [0.3, 0.4) is 0 Å². The van der Waals surface area contributed by atoms with E-state index >= 15 is 0 Å². The molecule has 172 valence electrons. The molecule has 0 unspecified atom stereocenters. The van der Waals surface area contributed by atoms with Crippen LogP contribution in [0, 0.1) is 5.82 Å². The Morgan fingerprint density at radius 1 is 0.941 bits per heavy atom. The van der Waals surface area contributed by atoms with Gasteiger partial charge in [-0.05, 0) is 42.5 Å². The number of pyridine rings is 1. The molecule has 2 aromatic heterocycles. The lowest BCUT2D eigenvalue weighted by molar-refractivity contribution is 0.102. The second kappa shape index (κ2) is 10.4. The topological polar surface area (TPSA) is 114 Å². The number of benzene rings is 2. The van der Waals surface area contributed by atoms with Gasteiger partial charge in [-0.15, -0.1) is 11.3 Å². The molecule has 3 N–H and O–H groups in total. The van der Waals surface area contributed by atoms with Gasteiger partial charge in [-0.1, -0.05) is 12.1 Å². The largest absolute Gasteiger partial charge is 0.493 e. The molecule has 2 heterocycles.